The van der Waals surface area contributed by atoms with Crippen LogP contribution in [0.15, 0.2) is 18.6 Å². The summed E-state index contributed by atoms with van der Waals surface area (Å²) in [5, 5.41) is 12.7. The van der Waals surface area contributed by atoms with Crippen LogP contribution in [0, 0.1) is 17.8 Å². The summed E-state index contributed by atoms with van der Waals surface area (Å²) in [4.78, 5) is 19.4. The van der Waals surface area contributed by atoms with E-state index in [-0.39, 0.29) is 12.0 Å². The molecule has 0 saturated heterocycles. The molecule has 0 spiro atoms. The molecule has 1 aromatic heterocycles. The topological polar surface area (TPSA) is 75.1 Å². The van der Waals surface area contributed by atoms with E-state index >= 15 is 0 Å². The van der Waals surface area contributed by atoms with Crippen LogP contribution >= 0.6 is 0 Å². The average molecular weight is 247 g/mol. The van der Waals surface area contributed by atoms with Crippen LogP contribution in [0.5, 0.6) is 0 Å². The quantitative estimate of drug-likeness (QED) is 0.832. The number of fused-ring (bicyclic) bond motifs is 2. The Morgan fingerprint density at radius 1 is 1.44 bits per heavy atom. The van der Waals surface area contributed by atoms with Crippen LogP contribution in [-0.4, -0.2) is 27.1 Å². The highest BCUT2D eigenvalue weighted by atomic mass is 16.4. The van der Waals surface area contributed by atoms with Crippen molar-refractivity contribution in [3.05, 3.63) is 24.3 Å². The monoisotopic (exact) mass is 247 g/mol. The number of aliphatic carboxylic acids is 1. The zero-order valence-corrected chi connectivity index (χ0v) is 10.1. The Morgan fingerprint density at radius 3 is 3.00 bits per heavy atom. The summed E-state index contributed by atoms with van der Waals surface area (Å²) in [6.07, 6.45) is 6.54. The van der Waals surface area contributed by atoms with Gasteiger partial charge in [-0.3, -0.25) is 4.79 Å². The Balaban J connectivity index is 1.66. The number of hydrogen-bond donors (Lipinski definition) is 2. The van der Waals surface area contributed by atoms with Crippen LogP contribution in [0.1, 0.15) is 25.0 Å². The first kappa shape index (κ1) is 11.6. The van der Waals surface area contributed by atoms with Gasteiger partial charge in [-0.15, -0.1) is 0 Å². The van der Waals surface area contributed by atoms with E-state index in [9.17, 15) is 9.90 Å². The summed E-state index contributed by atoms with van der Waals surface area (Å²) in [7, 11) is 0. The Kier molecular flexibility index (Phi) is 2.99. The van der Waals surface area contributed by atoms with E-state index in [1.54, 1.807) is 6.20 Å². The lowest BCUT2D eigenvalue weighted by atomic mass is 9.84. The second-order valence-corrected chi connectivity index (χ2v) is 5.30. The van der Waals surface area contributed by atoms with Crippen LogP contribution in [-0.2, 0) is 11.3 Å². The van der Waals surface area contributed by atoms with Crippen molar-refractivity contribution < 1.29 is 9.90 Å². The molecule has 0 aromatic carbocycles. The number of carboxylic acid groups (broad SMARTS) is 1. The molecule has 3 rings (SSSR count). The van der Waals surface area contributed by atoms with Gasteiger partial charge in [0.05, 0.1) is 11.6 Å². The van der Waals surface area contributed by atoms with Crippen molar-refractivity contribution in [3.63, 3.8) is 0 Å². The van der Waals surface area contributed by atoms with Gasteiger partial charge in [-0.1, -0.05) is 0 Å². The number of hydrogen-bond acceptors (Lipinski definition) is 4. The van der Waals surface area contributed by atoms with E-state index in [0.29, 0.717) is 18.4 Å². The Hall–Kier alpha value is -1.49. The Morgan fingerprint density at radius 2 is 2.28 bits per heavy atom. The Labute approximate surface area is 106 Å². The number of nitrogens with one attached hydrogen (secondary N) is 1. The molecular formula is C13H17N3O2. The first-order valence-corrected chi connectivity index (χ1v) is 6.47. The van der Waals surface area contributed by atoms with Crippen LogP contribution in [0.25, 0.3) is 0 Å². The van der Waals surface area contributed by atoms with Crippen molar-refractivity contribution >= 4 is 5.97 Å². The number of aromatic nitrogens is 2. The second kappa shape index (κ2) is 4.65. The predicted octanol–water partition coefficient (Wildman–Crippen LogP) is 1.07. The molecule has 2 aliphatic carbocycles. The first-order valence-electron chi connectivity index (χ1n) is 6.47. The van der Waals surface area contributed by atoms with Gasteiger partial charge in [-0.2, -0.15) is 0 Å². The van der Waals surface area contributed by atoms with E-state index in [0.717, 1.165) is 25.0 Å². The molecule has 2 N–H and O–H groups in total. The van der Waals surface area contributed by atoms with Crippen LogP contribution in [0.3, 0.4) is 0 Å². The molecule has 4 unspecified atom stereocenters. The lowest BCUT2D eigenvalue weighted by Crippen LogP contribution is -2.43. The van der Waals surface area contributed by atoms with Crippen molar-refractivity contribution in [3.8, 4) is 0 Å². The maximum atomic E-state index is 11.3. The molecule has 2 fully saturated rings. The largest absolute Gasteiger partial charge is 0.481 e. The number of carboxylic acids is 1. The van der Waals surface area contributed by atoms with Crippen LogP contribution < -0.4 is 5.32 Å². The average Bonchev–Trinajstić information content (AvgIpc) is 2.97. The standard InChI is InChI=1S/C13H17N3O2/c17-13(18)11-8-1-2-9(5-8)12(11)15-6-10-3-4-14-7-16-10/h3-4,7-9,11-12,15H,1-2,5-6H2,(H,17,18). The third-order valence-electron chi connectivity index (χ3n) is 4.36. The number of rotatable bonds is 4. The van der Waals surface area contributed by atoms with Gasteiger partial charge in [0, 0.05) is 18.8 Å². The molecule has 0 aliphatic heterocycles. The zero-order chi connectivity index (χ0) is 12.5. The summed E-state index contributed by atoms with van der Waals surface area (Å²) >= 11 is 0. The van der Waals surface area contributed by atoms with E-state index in [4.69, 9.17) is 0 Å². The van der Waals surface area contributed by atoms with Crippen LogP contribution in [0.2, 0.25) is 0 Å². The van der Waals surface area contributed by atoms with Crippen molar-refractivity contribution in [2.75, 3.05) is 0 Å². The van der Waals surface area contributed by atoms with E-state index in [2.05, 4.69) is 15.3 Å². The molecule has 5 nitrogen and oxygen atoms in total. The fourth-order valence-corrected chi connectivity index (χ4v) is 3.59. The molecular weight excluding hydrogens is 230 g/mol. The van der Waals surface area contributed by atoms with E-state index < -0.39 is 5.97 Å². The highest BCUT2D eigenvalue weighted by molar-refractivity contribution is 5.72. The number of carbonyl (C=O) groups is 1. The lowest BCUT2D eigenvalue weighted by Gasteiger charge is -2.28. The van der Waals surface area contributed by atoms with Gasteiger partial charge < -0.3 is 10.4 Å². The summed E-state index contributed by atoms with van der Waals surface area (Å²) in [6, 6.07) is 1.96. The van der Waals surface area contributed by atoms with E-state index in [1.165, 1.54) is 6.33 Å². The molecule has 2 saturated carbocycles. The highest BCUT2D eigenvalue weighted by Gasteiger charge is 2.50. The van der Waals surface area contributed by atoms with Crippen molar-refractivity contribution in [2.24, 2.45) is 17.8 Å². The van der Waals surface area contributed by atoms with Gasteiger partial charge in [-0.25, -0.2) is 9.97 Å². The zero-order valence-electron chi connectivity index (χ0n) is 10.1. The van der Waals surface area contributed by atoms with Gasteiger partial charge in [0.2, 0.25) is 0 Å². The smallest absolute Gasteiger partial charge is 0.308 e. The highest BCUT2D eigenvalue weighted by Crippen LogP contribution is 2.48. The minimum Gasteiger partial charge on any atom is -0.481 e. The third-order valence-corrected chi connectivity index (χ3v) is 4.36. The SMILES string of the molecule is O=C(O)C1C2CCC(C2)C1NCc1ccncn1. The molecule has 0 amide bonds. The maximum Gasteiger partial charge on any atom is 0.308 e. The fourth-order valence-electron chi connectivity index (χ4n) is 3.59. The fraction of sp³-hybridized carbons (Fsp3) is 0.615. The molecule has 2 aliphatic rings. The molecule has 0 radical (unpaired) electrons. The van der Waals surface area contributed by atoms with Gasteiger partial charge in [0.1, 0.15) is 6.33 Å². The maximum absolute atomic E-state index is 11.3. The molecule has 4 atom stereocenters. The van der Waals surface area contributed by atoms with Crippen molar-refractivity contribution in [2.45, 2.75) is 31.8 Å². The predicted molar refractivity (Wildman–Crippen MR) is 64.6 cm³/mol. The molecule has 1 heterocycles. The second-order valence-electron chi connectivity index (χ2n) is 5.30. The normalized spacial score (nSPS) is 33.8. The molecule has 18 heavy (non-hydrogen) atoms. The van der Waals surface area contributed by atoms with Gasteiger partial charge in [-0.05, 0) is 37.2 Å². The Bertz CT molecular complexity index is 437. The van der Waals surface area contributed by atoms with Crippen LogP contribution in [0.4, 0.5) is 0 Å². The van der Waals surface area contributed by atoms with Crippen molar-refractivity contribution in [1.82, 2.24) is 15.3 Å². The third kappa shape index (κ3) is 1.99. The summed E-state index contributed by atoms with van der Waals surface area (Å²) in [5.41, 5.74) is 0.914. The summed E-state index contributed by atoms with van der Waals surface area (Å²) < 4.78 is 0. The molecule has 96 valence electrons. The lowest BCUT2D eigenvalue weighted by molar-refractivity contribution is -0.144. The van der Waals surface area contributed by atoms with Crippen molar-refractivity contribution in [1.29, 1.82) is 0 Å². The van der Waals surface area contributed by atoms with Gasteiger partial charge >= 0.3 is 5.97 Å². The van der Waals surface area contributed by atoms with Gasteiger partial charge in [0.15, 0.2) is 0 Å². The molecule has 5 heteroatoms. The molecule has 2 bridgehead atoms. The minimum atomic E-state index is -0.651. The molecule has 1 aromatic rings. The first-order chi connectivity index (χ1) is 8.75. The summed E-state index contributed by atoms with van der Waals surface area (Å²) in [5.74, 6) is 0.0290. The van der Waals surface area contributed by atoms with E-state index in [1.807, 2.05) is 6.07 Å². The van der Waals surface area contributed by atoms with Gasteiger partial charge in [0.25, 0.3) is 0 Å². The number of nitrogens with zero attached hydrogens (tertiary/aromatic N) is 2. The minimum absolute atomic E-state index is 0.108. The summed E-state index contributed by atoms with van der Waals surface area (Å²) in [6.45, 7) is 0.625.